The molecule has 34 heavy (non-hydrogen) atoms. The molecule has 4 aromatic rings. The fraction of sp³-hybridized carbons (Fsp3) is 0.273. The van der Waals surface area contributed by atoms with Crippen molar-refractivity contribution in [3.8, 4) is 17.1 Å². The van der Waals surface area contributed by atoms with Crippen molar-refractivity contribution in [1.29, 1.82) is 0 Å². The summed E-state index contributed by atoms with van der Waals surface area (Å²) >= 11 is 2.55. The number of ether oxygens (including phenoxy) is 2. The molecule has 0 aliphatic heterocycles. The van der Waals surface area contributed by atoms with Crippen LogP contribution in [0, 0.1) is 0 Å². The van der Waals surface area contributed by atoms with E-state index in [4.69, 9.17) is 9.47 Å². The van der Waals surface area contributed by atoms with Gasteiger partial charge >= 0.3 is 5.97 Å². The maximum absolute atomic E-state index is 12.4. The van der Waals surface area contributed by atoms with Crippen LogP contribution in [-0.4, -0.2) is 55.6 Å². The summed E-state index contributed by atoms with van der Waals surface area (Å²) in [6, 6.07) is 11.2. The lowest BCUT2D eigenvalue weighted by atomic mass is 10.2. The highest BCUT2D eigenvalue weighted by atomic mass is 32.2. The minimum absolute atomic E-state index is 0.0779. The molecule has 176 valence electrons. The highest BCUT2D eigenvalue weighted by Gasteiger charge is 2.13. The van der Waals surface area contributed by atoms with Gasteiger partial charge in [-0.15, -0.1) is 21.5 Å². The largest absolute Gasteiger partial charge is 0.494 e. The predicted molar refractivity (Wildman–Crippen MR) is 129 cm³/mol. The van der Waals surface area contributed by atoms with E-state index in [1.807, 2.05) is 31.2 Å². The molecule has 1 N–H and O–H groups in total. The molecule has 1 amide bonds. The number of fused-ring (bicyclic) bond motifs is 1. The van der Waals surface area contributed by atoms with Gasteiger partial charge in [0.1, 0.15) is 10.8 Å². The SMILES string of the molecule is CCOC(=O)Cc1csc(NC(=O)CSc2ccc3nnc(-c4ccc(OCC)cc4)n3n2)n1. The highest BCUT2D eigenvalue weighted by molar-refractivity contribution is 7.99. The first-order chi connectivity index (χ1) is 16.6. The van der Waals surface area contributed by atoms with Crippen LogP contribution in [0.2, 0.25) is 0 Å². The molecule has 0 unspecified atom stereocenters. The third-order valence-corrected chi connectivity index (χ3v) is 6.17. The number of rotatable bonds is 10. The molecule has 0 saturated carbocycles. The molecule has 3 heterocycles. The monoisotopic (exact) mass is 498 g/mol. The van der Waals surface area contributed by atoms with Crippen LogP contribution >= 0.6 is 23.1 Å². The van der Waals surface area contributed by atoms with Gasteiger partial charge in [0.2, 0.25) is 5.91 Å². The summed E-state index contributed by atoms with van der Waals surface area (Å²) < 4.78 is 12.0. The summed E-state index contributed by atoms with van der Waals surface area (Å²) in [7, 11) is 0. The molecule has 0 bridgehead atoms. The van der Waals surface area contributed by atoms with Crippen molar-refractivity contribution in [2.45, 2.75) is 25.3 Å². The quantitative estimate of drug-likeness (QED) is 0.259. The standard InChI is InChI=1S/C22H22N6O4S2/c1-3-31-16-7-5-14(6-8-16)21-26-25-17-9-10-19(27-28(17)21)33-13-18(29)24-22-23-15(12-34-22)11-20(30)32-4-2/h5-10,12H,3-4,11,13H2,1-2H3,(H,23,24,29). The molecule has 0 spiro atoms. The second-order valence-electron chi connectivity index (χ2n) is 6.89. The first-order valence-electron chi connectivity index (χ1n) is 10.5. The van der Waals surface area contributed by atoms with Crippen LogP contribution in [0.5, 0.6) is 5.75 Å². The van der Waals surface area contributed by atoms with Gasteiger partial charge < -0.3 is 14.8 Å². The van der Waals surface area contributed by atoms with Gasteiger partial charge in [-0.25, -0.2) is 4.98 Å². The Morgan fingerprint density at radius 3 is 2.68 bits per heavy atom. The van der Waals surface area contributed by atoms with Crippen LogP contribution in [0.3, 0.4) is 0 Å². The predicted octanol–water partition coefficient (Wildman–Crippen LogP) is 3.48. The number of esters is 1. The van der Waals surface area contributed by atoms with E-state index in [0.717, 1.165) is 11.3 Å². The first-order valence-corrected chi connectivity index (χ1v) is 12.4. The van der Waals surface area contributed by atoms with Crippen LogP contribution in [0.15, 0.2) is 46.8 Å². The molecule has 12 heteroatoms. The van der Waals surface area contributed by atoms with E-state index < -0.39 is 0 Å². The van der Waals surface area contributed by atoms with Crippen molar-refractivity contribution in [1.82, 2.24) is 24.8 Å². The van der Waals surface area contributed by atoms with E-state index in [1.165, 1.54) is 23.1 Å². The van der Waals surface area contributed by atoms with Gasteiger partial charge in [0.05, 0.1) is 31.1 Å². The number of aromatic nitrogens is 5. The minimum Gasteiger partial charge on any atom is -0.494 e. The van der Waals surface area contributed by atoms with E-state index in [9.17, 15) is 9.59 Å². The molecule has 0 atom stereocenters. The number of nitrogens with zero attached hydrogens (tertiary/aromatic N) is 5. The Hall–Kier alpha value is -3.51. The molecular weight excluding hydrogens is 476 g/mol. The molecule has 0 fully saturated rings. The molecule has 0 radical (unpaired) electrons. The van der Waals surface area contributed by atoms with E-state index in [1.54, 1.807) is 29.0 Å². The van der Waals surface area contributed by atoms with Crippen molar-refractivity contribution >= 4 is 45.8 Å². The molecule has 3 aromatic heterocycles. The molecule has 1 aromatic carbocycles. The van der Waals surface area contributed by atoms with Crippen molar-refractivity contribution in [3.05, 3.63) is 47.5 Å². The fourth-order valence-electron chi connectivity index (χ4n) is 3.00. The zero-order valence-corrected chi connectivity index (χ0v) is 20.2. The van der Waals surface area contributed by atoms with Gasteiger partial charge in [-0.05, 0) is 50.2 Å². The molecule has 0 aliphatic carbocycles. The summed E-state index contributed by atoms with van der Waals surface area (Å²) in [4.78, 5) is 28.2. The van der Waals surface area contributed by atoms with Crippen LogP contribution in [0.25, 0.3) is 17.0 Å². The Morgan fingerprint density at radius 2 is 1.91 bits per heavy atom. The number of anilines is 1. The zero-order valence-electron chi connectivity index (χ0n) is 18.6. The second-order valence-corrected chi connectivity index (χ2v) is 8.74. The van der Waals surface area contributed by atoms with Crippen molar-refractivity contribution in [2.24, 2.45) is 0 Å². The average Bonchev–Trinajstić information content (AvgIpc) is 3.45. The van der Waals surface area contributed by atoms with Crippen molar-refractivity contribution in [3.63, 3.8) is 0 Å². The number of carbonyl (C=O) groups excluding carboxylic acids is 2. The van der Waals surface area contributed by atoms with Crippen LogP contribution < -0.4 is 10.1 Å². The van der Waals surface area contributed by atoms with Gasteiger partial charge in [0, 0.05) is 10.9 Å². The van der Waals surface area contributed by atoms with Gasteiger partial charge in [-0.1, -0.05) is 11.8 Å². The number of thioether (sulfide) groups is 1. The van der Waals surface area contributed by atoms with Crippen LogP contribution in [0.4, 0.5) is 5.13 Å². The summed E-state index contributed by atoms with van der Waals surface area (Å²) in [5, 5.41) is 18.6. The van der Waals surface area contributed by atoms with Gasteiger partial charge in [0.15, 0.2) is 16.6 Å². The maximum atomic E-state index is 12.4. The van der Waals surface area contributed by atoms with Gasteiger partial charge in [-0.2, -0.15) is 9.61 Å². The van der Waals surface area contributed by atoms with E-state index in [0.29, 0.717) is 40.5 Å². The number of hydrogen-bond acceptors (Lipinski definition) is 10. The molecule has 10 nitrogen and oxygen atoms in total. The van der Waals surface area contributed by atoms with Crippen molar-refractivity contribution < 1.29 is 19.1 Å². The number of nitrogens with one attached hydrogen (secondary N) is 1. The van der Waals surface area contributed by atoms with Crippen LogP contribution in [0.1, 0.15) is 19.5 Å². The third-order valence-electron chi connectivity index (χ3n) is 4.44. The van der Waals surface area contributed by atoms with Crippen LogP contribution in [-0.2, 0) is 20.7 Å². The molecular formula is C22H22N6O4S2. The van der Waals surface area contributed by atoms with Crippen molar-refractivity contribution in [2.75, 3.05) is 24.3 Å². The Morgan fingerprint density at radius 1 is 1.09 bits per heavy atom. The van der Waals surface area contributed by atoms with Gasteiger partial charge in [0.25, 0.3) is 0 Å². The lowest BCUT2D eigenvalue weighted by Gasteiger charge is -2.05. The minimum atomic E-state index is -0.346. The van der Waals surface area contributed by atoms with E-state index >= 15 is 0 Å². The molecule has 0 saturated heterocycles. The van der Waals surface area contributed by atoms with E-state index in [2.05, 4.69) is 25.6 Å². The zero-order chi connectivity index (χ0) is 23.9. The third kappa shape index (κ3) is 5.88. The molecule has 0 aliphatic rings. The Kier molecular flexibility index (Phi) is 7.70. The lowest BCUT2D eigenvalue weighted by Crippen LogP contribution is -2.14. The normalized spacial score (nSPS) is 10.9. The second kappa shape index (κ2) is 11.1. The summed E-state index contributed by atoms with van der Waals surface area (Å²) in [6.45, 7) is 4.60. The Labute approximate surface area is 203 Å². The summed E-state index contributed by atoms with van der Waals surface area (Å²) in [6.07, 6.45) is 0.0779. The number of thiazole rings is 1. The number of amides is 1. The maximum Gasteiger partial charge on any atom is 0.311 e. The Balaban J connectivity index is 1.38. The smallest absolute Gasteiger partial charge is 0.311 e. The fourth-order valence-corrected chi connectivity index (χ4v) is 4.38. The summed E-state index contributed by atoms with van der Waals surface area (Å²) in [5.41, 5.74) is 2.02. The number of carbonyl (C=O) groups is 2. The van der Waals surface area contributed by atoms with Gasteiger partial charge in [-0.3, -0.25) is 9.59 Å². The van der Waals surface area contributed by atoms with E-state index in [-0.39, 0.29) is 24.1 Å². The first kappa shape index (κ1) is 23.6. The highest BCUT2D eigenvalue weighted by Crippen LogP contribution is 2.23. The molecule has 4 rings (SSSR count). The number of benzene rings is 1. The Bertz CT molecular complexity index is 1290. The lowest BCUT2D eigenvalue weighted by molar-refractivity contribution is -0.142. The summed E-state index contributed by atoms with van der Waals surface area (Å²) in [5.74, 6) is 0.956. The topological polar surface area (TPSA) is 121 Å². The average molecular weight is 499 g/mol. The number of hydrogen-bond donors (Lipinski definition) is 1.